The minimum atomic E-state index is -1.26. The molecule has 6 heteroatoms. The van der Waals surface area contributed by atoms with Crippen LogP contribution in [-0.4, -0.2) is 23.2 Å². The molecule has 0 aromatic heterocycles. The van der Waals surface area contributed by atoms with Crippen LogP contribution in [0, 0.1) is 12.7 Å². The molecular formula is C20H20FNO3S. The maximum absolute atomic E-state index is 14.4. The van der Waals surface area contributed by atoms with Gasteiger partial charge in [0, 0.05) is 10.5 Å². The summed E-state index contributed by atoms with van der Waals surface area (Å²) in [4.78, 5) is 26.0. The maximum atomic E-state index is 14.4. The van der Waals surface area contributed by atoms with E-state index in [1.807, 2.05) is 31.2 Å². The van der Waals surface area contributed by atoms with Crippen molar-refractivity contribution in [1.29, 1.82) is 0 Å². The molecule has 2 aromatic carbocycles. The smallest absolute Gasteiger partial charge is 0.325 e. The number of thioether (sulfide) groups is 1. The summed E-state index contributed by atoms with van der Waals surface area (Å²) in [6, 6.07) is 13.0. The quantitative estimate of drug-likeness (QED) is 0.810. The fourth-order valence-corrected chi connectivity index (χ4v) is 4.45. The number of nitrogens with one attached hydrogen (secondary N) is 1. The Morgan fingerprint density at radius 3 is 2.62 bits per heavy atom. The highest BCUT2D eigenvalue weighted by Gasteiger charge is 2.56. The number of rotatable bonds is 5. The second-order valence-corrected chi connectivity index (χ2v) is 7.63. The molecule has 1 aliphatic rings. The summed E-state index contributed by atoms with van der Waals surface area (Å²) in [6.07, 6.45) is -0.0661. The lowest BCUT2D eigenvalue weighted by molar-refractivity contribution is -0.146. The molecule has 0 bridgehead atoms. The first kappa shape index (κ1) is 18.5. The van der Waals surface area contributed by atoms with E-state index in [1.54, 1.807) is 25.1 Å². The van der Waals surface area contributed by atoms with E-state index in [9.17, 15) is 14.0 Å². The zero-order chi connectivity index (χ0) is 18.7. The van der Waals surface area contributed by atoms with Crippen LogP contribution in [0.2, 0.25) is 0 Å². The number of halogens is 1. The first-order chi connectivity index (χ1) is 12.5. The SMILES string of the molecule is CCOC(=O)C1(Sc2ccc(C)cc2)CC(=O)NC1c1ccccc1F. The van der Waals surface area contributed by atoms with Gasteiger partial charge in [0.2, 0.25) is 5.91 Å². The molecule has 2 unspecified atom stereocenters. The van der Waals surface area contributed by atoms with Crippen LogP contribution in [-0.2, 0) is 14.3 Å². The summed E-state index contributed by atoms with van der Waals surface area (Å²) in [5, 5.41) is 2.77. The Labute approximate surface area is 156 Å². The van der Waals surface area contributed by atoms with E-state index >= 15 is 0 Å². The standard InChI is InChI=1S/C20H20FNO3S/c1-3-25-19(24)20(26-14-10-8-13(2)9-11-14)12-17(23)22-18(20)15-6-4-5-7-16(15)21/h4-11,18H,3,12H2,1-2H3,(H,22,23). The molecule has 2 aromatic rings. The Morgan fingerprint density at radius 2 is 1.96 bits per heavy atom. The number of ether oxygens (including phenoxy) is 1. The Morgan fingerprint density at radius 1 is 1.27 bits per heavy atom. The Bertz CT molecular complexity index is 824. The van der Waals surface area contributed by atoms with Crippen LogP contribution < -0.4 is 5.32 Å². The highest BCUT2D eigenvalue weighted by atomic mass is 32.2. The molecule has 3 rings (SSSR count). The van der Waals surface area contributed by atoms with Gasteiger partial charge in [-0.1, -0.05) is 35.9 Å². The van der Waals surface area contributed by atoms with Crippen molar-refractivity contribution >= 4 is 23.6 Å². The van der Waals surface area contributed by atoms with Crippen LogP contribution in [0.1, 0.15) is 30.5 Å². The summed E-state index contributed by atoms with van der Waals surface area (Å²) in [6.45, 7) is 3.87. The third-order valence-corrected chi connectivity index (χ3v) is 5.77. The molecule has 4 nitrogen and oxygen atoms in total. The molecule has 0 saturated carbocycles. The van der Waals surface area contributed by atoms with Gasteiger partial charge in [0.05, 0.1) is 19.1 Å². The topological polar surface area (TPSA) is 55.4 Å². The van der Waals surface area contributed by atoms with Gasteiger partial charge in [0.25, 0.3) is 0 Å². The van der Waals surface area contributed by atoms with Crippen LogP contribution in [0.4, 0.5) is 4.39 Å². The fraction of sp³-hybridized carbons (Fsp3) is 0.300. The van der Waals surface area contributed by atoms with Crippen molar-refractivity contribution in [2.24, 2.45) is 0 Å². The zero-order valence-electron chi connectivity index (χ0n) is 14.6. The van der Waals surface area contributed by atoms with Crippen LogP contribution in [0.3, 0.4) is 0 Å². The van der Waals surface area contributed by atoms with Crippen molar-refractivity contribution in [1.82, 2.24) is 5.32 Å². The second kappa shape index (κ2) is 7.50. The molecule has 1 aliphatic heterocycles. The van der Waals surface area contributed by atoms with Crippen LogP contribution in [0.25, 0.3) is 0 Å². The summed E-state index contributed by atoms with van der Waals surface area (Å²) < 4.78 is 18.5. The number of amides is 1. The molecule has 1 saturated heterocycles. The maximum Gasteiger partial charge on any atom is 0.325 e. The van der Waals surface area contributed by atoms with E-state index in [2.05, 4.69) is 5.32 Å². The van der Waals surface area contributed by atoms with Crippen molar-refractivity contribution in [2.45, 2.75) is 36.0 Å². The number of carbonyl (C=O) groups excluding carboxylic acids is 2. The number of hydrogen-bond donors (Lipinski definition) is 1. The summed E-state index contributed by atoms with van der Waals surface area (Å²) >= 11 is 1.25. The minimum Gasteiger partial charge on any atom is -0.465 e. The van der Waals surface area contributed by atoms with Crippen LogP contribution in [0.5, 0.6) is 0 Å². The number of hydrogen-bond acceptors (Lipinski definition) is 4. The van der Waals surface area contributed by atoms with Crippen LogP contribution in [0.15, 0.2) is 53.4 Å². The van der Waals surface area contributed by atoms with Crippen molar-refractivity contribution in [3.8, 4) is 0 Å². The predicted molar refractivity (Wildman–Crippen MR) is 98.3 cm³/mol. The van der Waals surface area contributed by atoms with Crippen molar-refractivity contribution < 1.29 is 18.7 Å². The van der Waals surface area contributed by atoms with Gasteiger partial charge in [-0.15, -0.1) is 11.8 Å². The molecule has 136 valence electrons. The van der Waals surface area contributed by atoms with Gasteiger partial charge in [-0.2, -0.15) is 0 Å². The average Bonchev–Trinajstić information content (AvgIpc) is 2.95. The van der Waals surface area contributed by atoms with E-state index in [-0.39, 0.29) is 24.5 Å². The zero-order valence-corrected chi connectivity index (χ0v) is 15.4. The molecule has 0 radical (unpaired) electrons. The highest BCUT2D eigenvalue weighted by Crippen LogP contribution is 2.49. The molecule has 0 aliphatic carbocycles. The fourth-order valence-electron chi connectivity index (χ4n) is 3.10. The van der Waals surface area contributed by atoms with Gasteiger partial charge in [-0.3, -0.25) is 9.59 Å². The van der Waals surface area contributed by atoms with Crippen molar-refractivity contribution in [3.05, 3.63) is 65.5 Å². The van der Waals surface area contributed by atoms with Gasteiger partial charge in [-0.25, -0.2) is 4.39 Å². The van der Waals surface area contributed by atoms with Gasteiger partial charge in [0.1, 0.15) is 5.82 Å². The van der Waals surface area contributed by atoms with Gasteiger partial charge < -0.3 is 10.1 Å². The number of esters is 1. The Kier molecular flexibility index (Phi) is 5.32. The Balaban J connectivity index is 2.08. The monoisotopic (exact) mass is 373 g/mol. The van der Waals surface area contributed by atoms with Gasteiger partial charge >= 0.3 is 5.97 Å². The molecule has 26 heavy (non-hydrogen) atoms. The van der Waals surface area contributed by atoms with Gasteiger partial charge in [0.15, 0.2) is 4.75 Å². The Hall–Kier alpha value is -2.34. The third kappa shape index (κ3) is 3.46. The first-order valence-electron chi connectivity index (χ1n) is 8.43. The molecule has 1 amide bonds. The number of benzene rings is 2. The molecule has 0 spiro atoms. The number of carbonyl (C=O) groups is 2. The first-order valence-corrected chi connectivity index (χ1v) is 9.24. The average molecular weight is 373 g/mol. The van der Waals surface area contributed by atoms with E-state index in [0.29, 0.717) is 0 Å². The minimum absolute atomic E-state index is 0.0661. The lowest BCUT2D eigenvalue weighted by atomic mass is 9.92. The van der Waals surface area contributed by atoms with Gasteiger partial charge in [-0.05, 0) is 32.0 Å². The lowest BCUT2D eigenvalue weighted by Gasteiger charge is -2.31. The highest BCUT2D eigenvalue weighted by molar-refractivity contribution is 8.01. The third-order valence-electron chi connectivity index (χ3n) is 4.35. The predicted octanol–water partition coefficient (Wildman–Crippen LogP) is 3.79. The van der Waals surface area contributed by atoms with E-state index in [4.69, 9.17) is 4.74 Å². The largest absolute Gasteiger partial charge is 0.465 e. The van der Waals surface area contributed by atoms with E-state index in [0.717, 1.165) is 10.5 Å². The van der Waals surface area contributed by atoms with E-state index in [1.165, 1.54) is 17.8 Å². The normalized spacial score (nSPS) is 22.1. The molecule has 1 fully saturated rings. The number of aryl methyl sites for hydroxylation is 1. The molecule has 1 heterocycles. The second-order valence-electron chi connectivity index (χ2n) is 6.22. The summed E-state index contributed by atoms with van der Waals surface area (Å²) in [7, 11) is 0. The molecule has 1 N–H and O–H groups in total. The summed E-state index contributed by atoms with van der Waals surface area (Å²) in [5.41, 5.74) is 1.37. The molecule has 2 atom stereocenters. The molecular weight excluding hydrogens is 353 g/mol. The van der Waals surface area contributed by atoms with E-state index < -0.39 is 22.6 Å². The summed E-state index contributed by atoms with van der Waals surface area (Å²) in [5.74, 6) is -1.28. The van der Waals surface area contributed by atoms with Crippen LogP contribution >= 0.6 is 11.8 Å². The van der Waals surface area contributed by atoms with Crippen molar-refractivity contribution in [2.75, 3.05) is 6.61 Å². The lowest BCUT2D eigenvalue weighted by Crippen LogP contribution is -2.42. The van der Waals surface area contributed by atoms with Crippen molar-refractivity contribution in [3.63, 3.8) is 0 Å².